The summed E-state index contributed by atoms with van der Waals surface area (Å²) in [6.45, 7) is 1.36. The third-order valence-electron chi connectivity index (χ3n) is 2.22. The molecule has 3 nitrogen and oxygen atoms in total. The van der Waals surface area contributed by atoms with Crippen molar-refractivity contribution < 1.29 is 14.6 Å². The molecule has 1 aromatic carbocycles. The molecule has 1 fully saturated rings. The highest BCUT2D eigenvalue weighted by Crippen LogP contribution is 2.23. The molecule has 1 saturated heterocycles. The van der Waals surface area contributed by atoms with E-state index in [0.717, 1.165) is 11.1 Å². The number of aliphatic hydroxyl groups excluding tert-OH is 1. The maximum absolute atomic E-state index is 8.67. The fourth-order valence-electron chi connectivity index (χ4n) is 1.55. The van der Waals surface area contributed by atoms with Crippen LogP contribution in [0.3, 0.4) is 0 Å². The average molecular weight is 206 g/mol. The zero-order valence-corrected chi connectivity index (χ0v) is 8.43. The standard InChI is InChI=1S/C12H14O3/c13-6-2-4-10-3-1-5-11(9-10)12-14-7-8-15-12/h1-5,9,12-13H,6-8H2. The van der Waals surface area contributed by atoms with Gasteiger partial charge in [0.25, 0.3) is 0 Å². The highest BCUT2D eigenvalue weighted by atomic mass is 16.7. The van der Waals surface area contributed by atoms with Crippen LogP contribution >= 0.6 is 0 Å². The van der Waals surface area contributed by atoms with Crippen molar-refractivity contribution in [2.24, 2.45) is 0 Å². The Hall–Kier alpha value is -1.16. The van der Waals surface area contributed by atoms with Crippen LogP contribution in [0.15, 0.2) is 30.3 Å². The zero-order valence-electron chi connectivity index (χ0n) is 8.43. The molecule has 0 saturated carbocycles. The van der Waals surface area contributed by atoms with E-state index in [1.165, 1.54) is 0 Å². The first-order chi connectivity index (χ1) is 7.40. The van der Waals surface area contributed by atoms with Gasteiger partial charge in [-0.2, -0.15) is 0 Å². The van der Waals surface area contributed by atoms with Crippen LogP contribution < -0.4 is 0 Å². The number of hydrogen-bond acceptors (Lipinski definition) is 3. The van der Waals surface area contributed by atoms with Crippen molar-refractivity contribution in [2.45, 2.75) is 6.29 Å². The Morgan fingerprint density at radius 2 is 2.13 bits per heavy atom. The van der Waals surface area contributed by atoms with Crippen molar-refractivity contribution in [3.8, 4) is 0 Å². The van der Waals surface area contributed by atoms with Gasteiger partial charge >= 0.3 is 0 Å². The molecule has 1 aromatic rings. The Kier molecular flexibility index (Phi) is 3.50. The number of ether oxygens (including phenoxy) is 2. The van der Waals surface area contributed by atoms with E-state index >= 15 is 0 Å². The molecule has 3 heteroatoms. The summed E-state index contributed by atoms with van der Waals surface area (Å²) in [7, 11) is 0. The van der Waals surface area contributed by atoms with Gasteiger partial charge in [0.15, 0.2) is 6.29 Å². The summed E-state index contributed by atoms with van der Waals surface area (Å²) in [4.78, 5) is 0. The Morgan fingerprint density at radius 3 is 2.87 bits per heavy atom. The van der Waals surface area contributed by atoms with Crippen LogP contribution in [0.4, 0.5) is 0 Å². The van der Waals surface area contributed by atoms with Gasteiger partial charge < -0.3 is 14.6 Å². The minimum absolute atomic E-state index is 0.0562. The van der Waals surface area contributed by atoms with Crippen LogP contribution in [0.5, 0.6) is 0 Å². The van der Waals surface area contributed by atoms with E-state index in [4.69, 9.17) is 14.6 Å². The fraction of sp³-hybridized carbons (Fsp3) is 0.333. The van der Waals surface area contributed by atoms with E-state index in [1.807, 2.05) is 30.3 Å². The van der Waals surface area contributed by atoms with E-state index in [0.29, 0.717) is 13.2 Å². The van der Waals surface area contributed by atoms with Crippen molar-refractivity contribution in [3.05, 3.63) is 41.5 Å². The lowest BCUT2D eigenvalue weighted by Gasteiger charge is -2.09. The van der Waals surface area contributed by atoms with E-state index in [-0.39, 0.29) is 12.9 Å². The molecule has 0 spiro atoms. The molecule has 0 aliphatic carbocycles. The molecule has 15 heavy (non-hydrogen) atoms. The first-order valence-electron chi connectivity index (χ1n) is 5.01. The van der Waals surface area contributed by atoms with E-state index < -0.39 is 0 Å². The minimum atomic E-state index is -0.229. The minimum Gasteiger partial charge on any atom is -0.392 e. The summed E-state index contributed by atoms with van der Waals surface area (Å²) < 4.78 is 10.8. The Labute approximate surface area is 88.9 Å². The van der Waals surface area contributed by atoms with Gasteiger partial charge in [0.2, 0.25) is 0 Å². The van der Waals surface area contributed by atoms with E-state index in [2.05, 4.69) is 0 Å². The molecule has 0 atom stereocenters. The quantitative estimate of drug-likeness (QED) is 0.818. The number of benzene rings is 1. The lowest BCUT2D eigenvalue weighted by Crippen LogP contribution is -1.97. The fourth-order valence-corrected chi connectivity index (χ4v) is 1.55. The Bertz CT molecular complexity index is 340. The lowest BCUT2D eigenvalue weighted by atomic mass is 10.1. The summed E-state index contributed by atoms with van der Waals surface area (Å²) in [6, 6.07) is 7.91. The van der Waals surface area contributed by atoms with Gasteiger partial charge in [-0.3, -0.25) is 0 Å². The van der Waals surface area contributed by atoms with Gasteiger partial charge in [0.05, 0.1) is 19.8 Å². The second-order valence-corrected chi connectivity index (χ2v) is 3.33. The number of hydrogen-bond donors (Lipinski definition) is 1. The predicted octanol–water partition coefficient (Wildman–Crippen LogP) is 1.74. The third kappa shape index (κ3) is 2.65. The molecular formula is C12H14O3. The second kappa shape index (κ2) is 5.07. The molecule has 0 bridgehead atoms. The van der Waals surface area contributed by atoms with Gasteiger partial charge in [-0.1, -0.05) is 30.4 Å². The van der Waals surface area contributed by atoms with Crippen LogP contribution in [0, 0.1) is 0 Å². The summed E-state index contributed by atoms with van der Waals surface area (Å²) in [6.07, 6.45) is 3.35. The molecule has 80 valence electrons. The number of aliphatic hydroxyl groups is 1. The first-order valence-corrected chi connectivity index (χ1v) is 5.01. The van der Waals surface area contributed by atoms with E-state index in [9.17, 15) is 0 Å². The maximum Gasteiger partial charge on any atom is 0.184 e. The summed E-state index contributed by atoms with van der Waals surface area (Å²) in [5.41, 5.74) is 2.06. The molecule has 0 amide bonds. The summed E-state index contributed by atoms with van der Waals surface area (Å²) in [5.74, 6) is 0. The van der Waals surface area contributed by atoms with Gasteiger partial charge in [-0.15, -0.1) is 0 Å². The van der Waals surface area contributed by atoms with Crippen molar-refractivity contribution >= 4 is 6.08 Å². The van der Waals surface area contributed by atoms with Gasteiger partial charge in [-0.25, -0.2) is 0 Å². The number of rotatable bonds is 3. The third-order valence-corrected chi connectivity index (χ3v) is 2.22. The Balaban J connectivity index is 2.14. The van der Waals surface area contributed by atoms with Crippen LogP contribution in [0.25, 0.3) is 6.08 Å². The topological polar surface area (TPSA) is 38.7 Å². The van der Waals surface area contributed by atoms with Crippen molar-refractivity contribution in [3.63, 3.8) is 0 Å². The van der Waals surface area contributed by atoms with Gasteiger partial charge in [-0.05, 0) is 11.6 Å². The molecule has 1 N–H and O–H groups in total. The summed E-state index contributed by atoms with van der Waals surface area (Å²) >= 11 is 0. The average Bonchev–Trinajstić information content (AvgIpc) is 2.80. The highest BCUT2D eigenvalue weighted by molar-refractivity contribution is 5.50. The van der Waals surface area contributed by atoms with Crippen molar-refractivity contribution in [1.29, 1.82) is 0 Å². The summed E-state index contributed by atoms with van der Waals surface area (Å²) in [5, 5.41) is 8.67. The lowest BCUT2D eigenvalue weighted by molar-refractivity contribution is -0.0441. The zero-order chi connectivity index (χ0) is 10.5. The predicted molar refractivity (Wildman–Crippen MR) is 57.2 cm³/mol. The molecule has 0 aromatic heterocycles. The smallest absolute Gasteiger partial charge is 0.184 e. The normalized spacial score (nSPS) is 17.7. The molecule has 0 radical (unpaired) electrons. The van der Waals surface area contributed by atoms with Crippen LogP contribution in [-0.4, -0.2) is 24.9 Å². The Morgan fingerprint density at radius 1 is 1.33 bits per heavy atom. The van der Waals surface area contributed by atoms with Gasteiger partial charge in [0.1, 0.15) is 0 Å². The highest BCUT2D eigenvalue weighted by Gasteiger charge is 2.17. The van der Waals surface area contributed by atoms with Crippen LogP contribution in [0.1, 0.15) is 17.4 Å². The second-order valence-electron chi connectivity index (χ2n) is 3.33. The molecule has 0 unspecified atom stereocenters. The SMILES string of the molecule is OCC=Cc1cccc(C2OCCO2)c1. The molecular weight excluding hydrogens is 192 g/mol. The monoisotopic (exact) mass is 206 g/mol. The maximum atomic E-state index is 8.67. The largest absolute Gasteiger partial charge is 0.392 e. The van der Waals surface area contributed by atoms with E-state index in [1.54, 1.807) is 6.08 Å². The first kappa shape index (κ1) is 10.4. The molecule has 2 rings (SSSR count). The van der Waals surface area contributed by atoms with Crippen molar-refractivity contribution in [1.82, 2.24) is 0 Å². The molecule has 1 heterocycles. The van der Waals surface area contributed by atoms with Crippen LogP contribution in [-0.2, 0) is 9.47 Å². The van der Waals surface area contributed by atoms with Crippen molar-refractivity contribution in [2.75, 3.05) is 19.8 Å². The molecule has 1 aliphatic heterocycles. The van der Waals surface area contributed by atoms with Gasteiger partial charge in [0, 0.05) is 5.56 Å². The van der Waals surface area contributed by atoms with Crippen LogP contribution in [0.2, 0.25) is 0 Å². The molecule has 1 aliphatic rings.